The molecule has 2 unspecified atom stereocenters. The van der Waals surface area contributed by atoms with Gasteiger partial charge >= 0.3 is 5.97 Å². The van der Waals surface area contributed by atoms with E-state index in [0.29, 0.717) is 29.6 Å². The van der Waals surface area contributed by atoms with Crippen LogP contribution in [0.2, 0.25) is 0 Å². The molecule has 132 valence electrons. The zero-order valence-corrected chi connectivity index (χ0v) is 15.0. The minimum Gasteiger partial charge on any atom is -0.465 e. The molecule has 2 aliphatic rings. The molecule has 1 saturated heterocycles. The molecule has 5 nitrogen and oxygen atoms in total. The van der Waals surface area contributed by atoms with E-state index in [1.54, 1.807) is 0 Å². The first-order chi connectivity index (χ1) is 11.6. The Hall–Kier alpha value is -1.78. The minimum absolute atomic E-state index is 0.0500. The Labute approximate surface area is 143 Å². The van der Waals surface area contributed by atoms with Crippen molar-refractivity contribution in [3.05, 3.63) is 22.5 Å². The maximum Gasteiger partial charge on any atom is 0.339 e. The number of piperidine rings is 1. The van der Waals surface area contributed by atoms with E-state index in [-0.39, 0.29) is 11.9 Å². The number of aryl methyl sites for hydroxylation is 1. The third-order valence-electron chi connectivity index (χ3n) is 5.79. The van der Waals surface area contributed by atoms with Crippen LogP contribution in [-0.2, 0) is 11.2 Å². The zero-order valence-electron chi connectivity index (χ0n) is 15.0. The van der Waals surface area contributed by atoms with Gasteiger partial charge in [-0.3, -0.25) is 4.79 Å². The van der Waals surface area contributed by atoms with Crippen molar-refractivity contribution in [2.45, 2.75) is 64.8 Å². The number of nitrogens with zero attached hydrogens (tertiary/aromatic N) is 1. The van der Waals surface area contributed by atoms with Gasteiger partial charge in [-0.2, -0.15) is 0 Å². The van der Waals surface area contributed by atoms with Crippen LogP contribution < -0.4 is 0 Å². The molecule has 1 N–H and O–H groups in total. The highest BCUT2D eigenvalue weighted by Crippen LogP contribution is 2.36. The lowest BCUT2D eigenvalue weighted by atomic mass is 9.78. The van der Waals surface area contributed by atoms with E-state index in [4.69, 9.17) is 4.74 Å². The lowest BCUT2D eigenvalue weighted by molar-refractivity contribution is 0.0385. The Balaban J connectivity index is 1.92. The average molecular weight is 332 g/mol. The van der Waals surface area contributed by atoms with Crippen molar-refractivity contribution >= 4 is 11.9 Å². The third-order valence-corrected chi connectivity index (χ3v) is 5.79. The van der Waals surface area contributed by atoms with E-state index >= 15 is 0 Å². The number of hydrogen-bond acceptors (Lipinski definition) is 3. The van der Waals surface area contributed by atoms with Crippen LogP contribution in [-0.4, -0.2) is 41.5 Å². The van der Waals surface area contributed by atoms with Crippen LogP contribution in [0.25, 0.3) is 0 Å². The summed E-state index contributed by atoms with van der Waals surface area (Å²) in [5, 5.41) is 0. The number of carbonyl (C=O) groups is 2. The maximum atomic E-state index is 13.2. The quantitative estimate of drug-likeness (QED) is 0.862. The highest BCUT2D eigenvalue weighted by Gasteiger charge is 2.37. The first-order valence-corrected chi connectivity index (χ1v) is 9.19. The number of nitrogens with one attached hydrogen (secondary N) is 1. The number of carbonyl (C=O) groups excluding carboxylic acids is 2. The summed E-state index contributed by atoms with van der Waals surface area (Å²) in [5.41, 5.74) is 2.61. The second kappa shape index (κ2) is 6.99. The molecule has 5 heteroatoms. The third kappa shape index (κ3) is 2.85. The van der Waals surface area contributed by atoms with Crippen molar-refractivity contribution < 1.29 is 14.3 Å². The number of aromatic amines is 1. The van der Waals surface area contributed by atoms with Gasteiger partial charge < -0.3 is 14.6 Å². The molecule has 1 aliphatic heterocycles. The number of methoxy groups -OCH3 is 1. The zero-order chi connectivity index (χ0) is 17.3. The van der Waals surface area contributed by atoms with Gasteiger partial charge in [-0.1, -0.05) is 19.8 Å². The number of H-pyrrole nitrogens is 1. The Morgan fingerprint density at radius 2 is 1.92 bits per heavy atom. The van der Waals surface area contributed by atoms with Gasteiger partial charge in [0.15, 0.2) is 0 Å². The Kier molecular flexibility index (Phi) is 4.97. The lowest BCUT2D eigenvalue weighted by Crippen LogP contribution is -2.49. The molecule has 24 heavy (non-hydrogen) atoms. The highest BCUT2D eigenvalue weighted by molar-refractivity contribution is 6.00. The second-order valence-electron chi connectivity index (χ2n) is 7.08. The van der Waals surface area contributed by atoms with Gasteiger partial charge in [0.1, 0.15) is 5.69 Å². The number of hydrogen-bond donors (Lipinski definition) is 1. The summed E-state index contributed by atoms with van der Waals surface area (Å²) in [6.07, 6.45) is 7.85. The predicted octanol–water partition coefficient (Wildman–Crippen LogP) is 3.47. The molecule has 0 bridgehead atoms. The number of rotatable bonds is 3. The molecule has 1 aliphatic carbocycles. The minimum atomic E-state index is -0.367. The summed E-state index contributed by atoms with van der Waals surface area (Å²) in [7, 11) is 1.38. The van der Waals surface area contributed by atoms with Gasteiger partial charge in [-0.15, -0.1) is 0 Å². The normalized spacial score (nSPS) is 23.7. The molecule has 0 spiro atoms. The number of aromatic nitrogens is 1. The molecular weight excluding hydrogens is 304 g/mol. The van der Waals surface area contributed by atoms with E-state index < -0.39 is 0 Å². The molecule has 2 heterocycles. The number of amides is 1. The average Bonchev–Trinajstić information content (AvgIpc) is 2.96. The first-order valence-electron chi connectivity index (χ1n) is 9.19. The highest BCUT2D eigenvalue weighted by atomic mass is 16.5. The SMILES string of the molecule is CCc1[nH]c(C(=O)N2CCCC3CCCCC32)c(C)c1C(=O)OC. The fourth-order valence-corrected chi connectivity index (χ4v) is 4.54. The molecule has 1 aromatic heterocycles. The Morgan fingerprint density at radius 1 is 1.21 bits per heavy atom. The van der Waals surface area contributed by atoms with Crippen molar-refractivity contribution in [2.75, 3.05) is 13.7 Å². The molecule has 0 radical (unpaired) electrons. The fraction of sp³-hybridized carbons (Fsp3) is 0.684. The standard InChI is InChI=1S/C19H28N2O3/c1-4-14-16(19(23)24-3)12(2)17(20-14)18(22)21-11-7-9-13-8-5-6-10-15(13)21/h13,15,20H,4-11H2,1-3H3. The largest absolute Gasteiger partial charge is 0.465 e. The molecule has 1 aromatic rings. The van der Waals surface area contributed by atoms with Gasteiger partial charge in [0.05, 0.1) is 12.7 Å². The summed E-state index contributed by atoms with van der Waals surface area (Å²) in [5.74, 6) is 0.334. The Morgan fingerprint density at radius 3 is 2.62 bits per heavy atom. The van der Waals surface area contributed by atoms with Crippen LogP contribution in [0.5, 0.6) is 0 Å². The van der Waals surface area contributed by atoms with Gasteiger partial charge in [-0.25, -0.2) is 4.79 Å². The van der Waals surface area contributed by atoms with Crippen molar-refractivity contribution in [1.82, 2.24) is 9.88 Å². The summed E-state index contributed by atoms with van der Waals surface area (Å²) in [6, 6.07) is 0.370. The number of ether oxygens (including phenoxy) is 1. The maximum absolute atomic E-state index is 13.2. The van der Waals surface area contributed by atoms with Crippen LogP contribution in [0.1, 0.15) is 77.6 Å². The monoisotopic (exact) mass is 332 g/mol. The van der Waals surface area contributed by atoms with E-state index in [2.05, 4.69) is 9.88 Å². The summed E-state index contributed by atoms with van der Waals surface area (Å²) < 4.78 is 4.90. The van der Waals surface area contributed by atoms with Crippen LogP contribution in [0.3, 0.4) is 0 Å². The molecular formula is C19H28N2O3. The van der Waals surface area contributed by atoms with Crippen LogP contribution in [0, 0.1) is 12.8 Å². The Bertz CT molecular complexity index is 633. The van der Waals surface area contributed by atoms with Crippen molar-refractivity contribution in [2.24, 2.45) is 5.92 Å². The van der Waals surface area contributed by atoms with Gasteiger partial charge in [0.2, 0.25) is 0 Å². The van der Waals surface area contributed by atoms with Crippen molar-refractivity contribution in [3.63, 3.8) is 0 Å². The molecule has 1 amide bonds. The second-order valence-corrected chi connectivity index (χ2v) is 7.08. The van der Waals surface area contributed by atoms with Crippen LogP contribution >= 0.6 is 0 Å². The van der Waals surface area contributed by atoms with Crippen molar-refractivity contribution in [3.8, 4) is 0 Å². The summed E-state index contributed by atoms with van der Waals surface area (Å²) >= 11 is 0. The lowest BCUT2D eigenvalue weighted by Gasteiger charge is -2.44. The fourth-order valence-electron chi connectivity index (χ4n) is 4.54. The van der Waals surface area contributed by atoms with Crippen LogP contribution in [0.15, 0.2) is 0 Å². The number of likely N-dealkylation sites (tertiary alicyclic amines) is 1. The van der Waals surface area contributed by atoms with Gasteiger partial charge in [0, 0.05) is 18.3 Å². The number of esters is 1. The van der Waals surface area contributed by atoms with Crippen LogP contribution in [0.4, 0.5) is 0 Å². The summed E-state index contributed by atoms with van der Waals surface area (Å²) in [6.45, 7) is 4.65. The van der Waals surface area contributed by atoms with Gasteiger partial charge in [-0.05, 0) is 50.5 Å². The van der Waals surface area contributed by atoms with E-state index in [1.165, 1.54) is 32.8 Å². The molecule has 3 rings (SSSR count). The van der Waals surface area contributed by atoms with E-state index in [0.717, 1.165) is 30.6 Å². The number of fused-ring (bicyclic) bond motifs is 1. The van der Waals surface area contributed by atoms with Gasteiger partial charge in [0.25, 0.3) is 5.91 Å². The molecule has 0 aromatic carbocycles. The molecule has 1 saturated carbocycles. The summed E-state index contributed by atoms with van der Waals surface area (Å²) in [4.78, 5) is 30.6. The molecule has 2 fully saturated rings. The first kappa shape index (κ1) is 17.1. The smallest absolute Gasteiger partial charge is 0.339 e. The topological polar surface area (TPSA) is 62.4 Å². The van der Waals surface area contributed by atoms with E-state index in [9.17, 15) is 9.59 Å². The predicted molar refractivity (Wildman–Crippen MR) is 92.3 cm³/mol. The van der Waals surface area contributed by atoms with Crippen molar-refractivity contribution in [1.29, 1.82) is 0 Å². The van der Waals surface area contributed by atoms with E-state index in [1.807, 2.05) is 13.8 Å². The molecule has 2 atom stereocenters.